The summed E-state index contributed by atoms with van der Waals surface area (Å²) in [6.45, 7) is 0. The first-order chi connectivity index (χ1) is 15.4. The van der Waals surface area contributed by atoms with E-state index in [1.807, 2.05) is 54.6 Å². The molecule has 0 radical (unpaired) electrons. The Kier molecular flexibility index (Phi) is 6.11. The summed E-state index contributed by atoms with van der Waals surface area (Å²) < 4.78 is 1.33. The number of nitrogens with one attached hydrogen (secondary N) is 3. The number of nitrogens with zero attached hydrogens (tertiary/aromatic N) is 3. The average molecular weight is 465 g/mol. The van der Waals surface area contributed by atoms with E-state index in [0.29, 0.717) is 22.2 Å². The van der Waals surface area contributed by atoms with Crippen LogP contribution in [0.4, 0.5) is 0 Å². The highest BCUT2D eigenvalue weighted by Crippen LogP contribution is 2.24. The Morgan fingerprint density at radius 1 is 1.00 bits per heavy atom. The van der Waals surface area contributed by atoms with Gasteiger partial charge in [-0.15, -0.1) is 0 Å². The number of hydrogen-bond donors (Lipinski definition) is 3. The number of carbonyl (C=O) groups is 2. The van der Waals surface area contributed by atoms with Gasteiger partial charge in [0.25, 0.3) is 11.8 Å². The van der Waals surface area contributed by atoms with Crippen LogP contribution < -0.4 is 16.2 Å². The van der Waals surface area contributed by atoms with Crippen molar-refractivity contribution in [2.75, 3.05) is 0 Å². The van der Waals surface area contributed by atoms with Gasteiger partial charge in [0.15, 0.2) is 5.11 Å². The number of aromatic nitrogens is 3. The normalized spacial score (nSPS) is 10.6. The maximum Gasteiger partial charge on any atom is 0.277 e. The van der Waals surface area contributed by atoms with Crippen LogP contribution in [0.3, 0.4) is 0 Å². The quantitative estimate of drug-likeness (QED) is 0.318. The van der Waals surface area contributed by atoms with Gasteiger partial charge in [-0.2, -0.15) is 5.10 Å². The number of fused-ring (bicyclic) bond motifs is 1. The molecule has 160 valence electrons. The zero-order valence-corrected chi connectivity index (χ0v) is 18.4. The van der Waals surface area contributed by atoms with Crippen molar-refractivity contribution in [3.8, 4) is 11.3 Å². The molecule has 0 fully saturated rings. The van der Waals surface area contributed by atoms with Crippen LogP contribution in [0.25, 0.3) is 22.2 Å². The molecule has 0 aliphatic heterocycles. The second-order valence-corrected chi connectivity index (χ2v) is 7.58. The lowest BCUT2D eigenvalue weighted by Crippen LogP contribution is -2.48. The molecule has 3 N–H and O–H groups in total. The fraction of sp³-hybridized carbons (Fsp3) is 0.0455. The Balaban J connectivity index is 1.52. The number of thiocarbonyl (C=S) groups is 1. The molecule has 2 aromatic heterocycles. The molecule has 2 aromatic carbocycles. The molecular formula is C22H17ClN6O2S. The number of benzene rings is 2. The lowest BCUT2D eigenvalue weighted by molar-refractivity contribution is 0.0934. The van der Waals surface area contributed by atoms with Crippen molar-refractivity contribution in [2.24, 2.45) is 7.05 Å². The predicted octanol–water partition coefficient (Wildman–Crippen LogP) is 3.24. The highest BCUT2D eigenvalue weighted by atomic mass is 35.5. The minimum absolute atomic E-state index is 0.0951. The number of amides is 2. The van der Waals surface area contributed by atoms with Gasteiger partial charge in [0.05, 0.1) is 28.0 Å². The zero-order valence-electron chi connectivity index (χ0n) is 16.8. The molecule has 10 heteroatoms. The molecule has 0 spiro atoms. The summed E-state index contributed by atoms with van der Waals surface area (Å²) >= 11 is 11.1. The number of rotatable bonds is 3. The minimum Gasteiger partial charge on any atom is -0.296 e. The van der Waals surface area contributed by atoms with Gasteiger partial charge in [0.1, 0.15) is 5.69 Å². The fourth-order valence-corrected chi connectivity index (χ4v) is 3.56. The van der Waals surface area contributed by atoms with Gasteiger partial charge in [0.2, 0.25) is 0 Å². The highest BCUT2D eigenvalue weighted by Gasteiger charge is 2.18. The molecule has 32 heavy (non-hydrogen) atoms. The van der Waals surface area contributed by atoms with Gasteiger partial charge in [-0.3, -0.25) is 30.4 Å². The maximum absolute atomic E-state index is 13.0. The van der Waals surface area contributed by atoms with Crippen LogP contribution in [0.2, 0.25) is 5.02 Å². The van der Waals surface area contributed by atoms with Crippen molar-refractivity contribution in [3.05, 3.63) is 83.1 Å². The molecule has 8 nitrogen and oxygen atoms in total. The second-order valence-electron chi connectivity index (χ2n) is 6.77. The van der Waals surface area contributed by atoms with Gasteiger partial charge in [-0.25, -0.2) is 4.98 Å². The molecule has 0 aliphatic carbocycles. The van der Waals surface area contributed by atoms with Gasteiger partial charge in [0, 0.05) is 18.0 Å². The topological polar surface area (TPSA) is 101 Å². The summed E-state index contributed by atoms with van der Waals surface area (Å²) in [6, 6.07) is 18.6. The van der Waals surface area contributed by atoms with Gasteiger partial charge in [-0.1, -0.05) is 60.1 Å². The van der Waals surface area contributed by atoms with Crippen LogP contribution in [-0.2, 0) is 7.05 Å². The van der Waals surface area contributed by atoms with E-state index in [-0.39, 0.29) is 15.8 Å². The van der Waals surface area contributed by atoms with E-state index in [9.17, 15) is 9.59 Å². The Hall–Kier alpha value is -3.82. The lowest BCUT2D eigenvalue weighted by atomic mass is 10.0. The van der Waals surface area contributed by atoms with Crippen LogP contribution in [0.1, 0.15) is 20.8 Å². The van der Waals surface area contributed by atoms with E-state index < -0.39 is 11.8 Å². The third-order valence-corrected chi connectivity index (χ3v) is 5.14. The molecule has 4 rings (SSSR count). The van der Waals surface area contributed by atoms with Crippen LogP contribution in [0, 0.1) is 0 Å². The van der Waals surface area contributed by atoms with Crippen molar-refractivity contribution in [3.63, 3.8) is 0 Å². The fourth-order valence-electron chi connectivity index (χ4n) is 3.16. The van der Waals surface area contributed by atoms with Gasteiger partial charge < -0.3 is 0 Å². The van der Waals surface area contributed by atoms with E-state index in [0.717, 1.165) is 5.56 Å². The molecule has 0 saturated carbocycles. The number of hydrazine groups is 1. The first-order valence-electron chi connectivity index (χ1n) is 9.48. The summed E-state index contributed by atoms with van der Waals surface area (Å²) in [7, 11) is 1.58. The van der Waals surface area contributed by atoms with E-state index in [1.54, 1.807) is 13.1 Å². The number of para-hydroxylation sites is 1. The van der Waals surface area contributed by atoms with Crippen LogP contribution in [-0.4, -0.2) is 31.7 Å². The molecule has 0 aliphatic rings. The molecule has 4 aromatic rings. The third-order valence-electron chi connectivity index (χ3n) is 4.66. The summed E-state index contributed by atoms with van der Waals surface area (Å²) in [5, 5.41) is 7.14. The number of aryl methyl sites for hydroxylation is 1. The van der Waals surface area contributed by atoms with Crippen molar-refractivity contribution >= 4 is 51.6 Å². The van der Waals surface area contributed by atoms with Crippen molar-refractivity contribution < 1.29 is 9.59 Å². The first kappa shape index (κ1) is 21.4. The molecule has 0 saturated heterocycles. The second kappa shape index (κ2) is 9.13. The standard InChI is InChI=1S/C22H17ClN6O2S/c1-29-19(16(23)12-24-29)21(31)26-22(32)28-27-20(30)15-11-18(13-7-3-2-4-8-13)25-17-10-6-5-9-14(15)17/h2-12H,1H3,(H,27,30)(H2,26,28,31,32). The third kappa shape index (κ3) is 4.43. The summed E-state index contributed by atoms with van der Waals surface area (Å²) in [5.74, 6) is -0.988. The Morgan fingerprint density at radius 2 is 1.72 bits per heavy atom. The van der Waals surface area contributed by atoms with Crippen LogP contribution in [0.5, 0.6) is 0 Å². The minimum atomic E-state index is -0.553. The van der Waals surface area contributed by atoms with E-state index in [2.05, 4.69) is 26.3 Å². The summed E-state index contributed by atoms with van der Waals surface area (Å²) in [4.78, 5) is 30.0. The van der Waals surface area contributed by atoms with Crippen molar-refractivity contribution in [1.29, 1.82) is 0 Å². The van der Waals surface area contributed by atoms with Gasteiger partial charge >= 0.3 is 0 Å². The molecular weight excluding hydrogens is 448 g/mol. The molecule has 0 atom stereocenters. The van der Waals surface area contributed by atoms with Crippen LogP contribution in [0.15, 0.2) is 66.9 Å². The SMILES string of the molecule is Cn1ncc(Cl)c1C(=O)NC(=S)NNC(=O)c1cc(-c2ccccc2)nc2ccccc12. The van der Waals surface area contributed by atoms with E-state index >= 15 is 0 Å². The number of pyridine rings is 1. The average Bonchev–Trinajstić information content (AvgIpc) is 3.15. The monoisotopic (exact) mass is 464 g/mol. The van der Waals surface area contributed by atoms with Crippen molar-refractivity contribution in [2.45, 2.75) is 0 Å². The van der Waals surface area contributed by atoms with E-state index in [1.165, 1.54) is 10.9 Å². The Morgan fingerprint density at radius 3 is 2.44 bits per heavy atom. The van der Waals surface area contributed by atoms with Gasteiger partial charge in [-0.05, 0) is 24.4 Å². The molecule has 0 unspecified atom stereocenters. The lowest BCUT2D eigenvalue weighted by Gasteiger charge is -2.13. The molecule has 2 amide bonds. The number of halogens is 1. The Bertz CT molecular complexity index is 1320. The Labute approximate surface area is 193 Å². The molecule has 2 heterocycles. The first-order valence-corrected chi connectivity index (χ1v) is 10.3. The number of hydrogen-bond acceptors (Lipinski definition) is 5. The van der Waals surface area contributed by atoms with Crippen molar-refractivity contribution in [1.82, 2.24) is 30.9 Å². The van der Waals surface area contributed by atoms with Crippen LogP contribution >= 0.6 is 23.8 Å². The van der Waals surface area contributed by atoms with E-state index in [4.69, 9.17) is 23.8 Å². The number of carbonyl (C=O) groups excluding carboxylic acids is 2. The largest absolute Gasteiger partial charge is 0.296 e. The highest BCUT2D eigenvalue weighted by molar-refractivity contribution is 7.80. The molecule has 0 bridgehead atoms. The zero-order chi connectivity index (χ0) is 22.7. The summed E-state index contributed by atoms with van der Waals surface area (Å²) in [6.07, 6.45) is 1.35. The smallest absolute Gasteiger partial charge is 0.277 e. The predicted molar refractivity (Wildman–Crippen MR) is 126 cm³/mol. The summed E-state index contributed by atoms with van der Waals surface area (Å²) in [5.41, 5.74) is 7.85. The maximum atomic E-state index is 13.0.